The van der Waals surface area contributed by atoms with Crippen molar-refractivity contribution >= 4 is 5.91 Å². The first-order valence-electron chi connectivity index (χ1n) is 6.36. The first-order valence-corrected chi connectivity index (χ1v) is 6.36. The zero-order chi connectivity index (χ0) is 13.2. The molecule has 0 radical (unpaired) electrons. The summed E-state index contributed by atoms with van der Waals surface area (Å²) in [5.74, 6) is 0.927. The van der Waals surface area contributed by atoms with Crippen LogP contribution in [0.25, 0.3) is 0 Å². The van der Waals surface area contributed by atoms with Crippen LogP contribution in [0.1, 0.15) is 18.9 Å². The first kappa shape index (κ1) is 14.5. The molecule has 0 fully saturated rings. The third-order valence-corrected chi connectivity index (χ3v) is 2.58. The summed E-state index contributed by atoms with van der Waals surface area (Å²) in [6.45, 7) is 3.95. The van der Waals surface area contributed by atoms with E-state index in [1.165, 1.54) is 5.56 Å². The Morgan fingerprint density at radius 2 is 2.17 bits per heavy atom. The van der Waals surface area contributed by atoms with Crippen LogP contribution in [0.15, 0.2) is 24.3 Å². The molecule has 1 amide bonds. The summed E-state index contributed by atoms with van der Waals surface area (Å²) in [4.78, 5) is 11.3. The SMILES string of the molecule is CCCNC(=O)CNCCc1cccc(OC)c1. The molecular formula is C14H22N2O2. The molecule has 0 unspecified atom stereocenters. The van der Waals surface area contributed by atoms with Crippen LogP contribution in [0, 0.1) is 0 Å². The average molecular weight is 250 g/mol. The van der Waals surface area contributed by atoms with E-state index in [1.54, 1.807) is 7.11 Å². The maximum atomic E-state index is 11.3. The van der Waals surface area contributed by atoms with Gasteiger partial charge in [0.1, 0.15) is 5.75 Å². The van der Waals surface area contributed by atoms with Gasteiger partial charge in [-0.3, -0.25) is 4.79 Å². The van der Waals surface area contributed by atoms with Crippen LogP contribution in [0.4, 0.5) is 0 Å². The largest absolute Gasteiger partial charge is 0.497 e. The number of rotatable bonds is 8. The Balaban J connectivity index is 2.19. The topological polar surface area (TPSA) is 50.4 Å². The first-order chi connectivity index (χ1) is 8.76. The van der Waals surface area contributed by atoms with Gasteiger partial charge in [0.05, 0.1) is 13.7 Å². The smallest absolute Gasteiger partial charge is 0.233 e. The van der Waals surface area contributed by atoms with Crippen LogP contribution in [-0.2, 0) is 11.2 Å². The van der Waals surface area contributed by atoms with Crippen LogP contribution in [0.2, 0.25) is 0 Å². The van der Waals surface area contributed by atoms with Gasteiger partial charge >= 0.3 is 0 Å². The molecule has 1 rings (SSSR count). The average Bonchev–Trinajstić information content (AvgIpc) is 2.41. The second-order valence-corrected chi connectivity index (χ2v) is 4.13. The highest BCUT2D eigenvalue weighted by Crippen LogP contribution is 2.12. The Bertz CT molecular complexity index is 367. The van der Waals surface area contributed by atoms with E-state index in [2.05, 4.69) is 16.7 Å². The van der Waals surface area contributed by atoms with Crippen LogP contribution in [0.5, 0.6) is 5.75 Å². The highest BCUT2D eigenvalue weighted by atomic mass is 16.5. The number of methoxy groups -OCH3 is 1. The number of benzene rings is 1. The molecule has 0 atom stereocenters. The van der Waals surface area contributed by atoms with Gasteiger partial charge in [0, 0.05) is 6.54 Å². The third kappa shape index (κ3) is 5.68. The number of nitrogens with one attached hydrogen (secondary N) is 2. The molecule has 0 bridgehead atoms. The summed E-state index contributed by atoms with van der Waals surface area (Å²) in [6, 6.07) is 7.97. The Morgan fingerprint density at radius 1 is 1.33 bits per heavy atom. The fraction of sp³-hybridized carbons (Fsp3) is 0.500. The Hall–Kier alpha value is -1.55. The highest BCUT2D eigenvalue weighted by molar-refractivity contribution is 5.77. The van der Waals surface area contributed by atoms with Gasteiger partial charge in [0.15, 0.2) is 0 Å². The predicted octanol–water partition coefficient (Wildman–Crippen LogP) is 1.35. The van der Waals surface area contributed by atoms with E-state index >= 15 is 0 Å². The Kier molecular flexibility index (Phi) is 6.87. The van der Waals surface area contributed by atoms with E-state index in [0.29, 0.717) is 6.54 Å². The summed E-state index contributed by atoms with van der Waals surface area (Å²) in [7, 11) is 1.66. The second kappa shape index (κ2) is 8.53. The molecule has 1 aromatic carbocycles. The highest BCUT2D eigenvalue weighted by Gasteiger charge is 1.99. The van der Waals surface area contributed by atoms with Gasteiger partial charge in [-0.2, -0.15) is 0 Å². The van der Waals surface area contributed by atoms with Crippen molar-refractivity contribution in [2.75, 3.05) is 26.7 Å². The molecule has 0 aromatic heterocycles. The number of hydrogen-bond donors (Lipinski definition) is 2. The molecule has 2 N–H and O–H groups in total. The number of carbonyl (C=O) groups excluding carboxylic acids is 1. The fourth-order valence-corrected chi connectivity index (χ4v) is 1.59. The van der Waals surface area contributed by atoms with Gasteiger partial charge in [-0.25, -0.2) is 0 Å². The van der Waals surface area contributed by atoms with Crippen LogP contribution in [-0.4, -0.2) is 32.7 Å². The normalized spacial score (nSPS) is 10.1. The zero-order valence-corrected chi connectivity index (χ0v) is 11.2. The van der Waals surface area contributed by atoms with Crippen LogP contribution in [0.3, 0.4) is 0 Å². The zero-order valence-electron chi connectivity index (χ0n) is 11.2. The molecule has 4 nitrogen and oxygen atoms in total. The summed E-state index contributed by atoms with van der Waals surface area (Å²) in [5, 5.41) is 5.95. The lowest BCUT2D eigenvalue weighted by Crippen LogP contribution is -2.35. The molecule has 1 aromatic rings. The number of carbonyl (C=O) groups is 1. The van der Waals surface area contributed by atoms with Crippen molar-refractivity contribution in [1.29, 1.82) is 0 Å². The van der Waals surface area contributed by atoms with Crippen molar-refractivity contribution in [2.24, 2.45) is 0 Å². The maximum Gasteiger partial charge on any atom is 0.233 e. The van der Waals surface area contributed by atoms with Gasteiger partial charge in [-0.05, 0) is 37.1 Å². The van der Waals surface area contributed by atoms with Crippen molar-refractivity contribution in [3.63, 3.8) is 0 Å². The minimum atomic E-state index is 0.0579. The van der Waals surface area contributed by atoms with Crippen molar-refractivity contribution in [3.8, 4) is 5.75 Å². The molecule has 100 valence electrons. The van der Waals surface area contributed by atoms with E-state index in [0.717, 1.165) is 31.7 Å². The number of hydrogen-bond acceptors (Lipinski definition) is 3. The maximum absolute atomic E-state index is 11.3. The molecule has 0 heterocycles. The van der Waals surface area contributed by atoms with Gasteiger partial charge < -0.3 is 15.4 Å². The quantitative estimate of drug-likeness (QED) is 0.685. The van der Waals surface area contributed by atoms with E-state index in [1.807, 2.05) is 25.1 Å². The van der Waals surface area contributed by atoms with Crippen molar-refractivity contribution in [2.45, 2.75) is 19.8 Å². The molecule has 0 aliphatic rings. The molecule has 18 heavy (non-hydrogen) atoms. The second-order valence-electron chi connectivity index (χ2n) is 4.13. The van der Waals surface area contributed by atoms with E-state index < -0.39 is 0 Å². The molecule has 0 saturated heterocycles. The summed E-state index contributed by atoms with van der Waals surface area (Å²) in [5.41, 5.74) is 1.20. The summed E-state index contributed by atoms with van der Waals surface area (Å²) in [6.07, 6.45) is 1.85. The van der Waals surface area contributed by atoms with Crippen LogP contribution < -0.4 is 15.4 Å². The number of amides is 1. The Morgan fingerprint density at radius 3 is 2.89 bits per heavy atom. The van der Waals surface area contributed by atoms with Gasteiger partial charge in [0.2, 0.25) is 5.91 Å². The monoisotopic (exact) mass is 250 g/mol. The van der Waals surface area contributed by atoms with E-state index in [4.69, 9.17) is 4.74 Å². The van der Waals surface area contributed by atoms with Gasteiger partial charge in [-0.1, -0.05) is 19.1 Å². The van der Waals surface area contributed by atoms with Crippen molar-refractivity contribution in [3.05, 3.63) is 29.8 Å². The molecule has 0 spiro atoms. The number of ether oxygens (including phenoxy) is 1. The van der Waals surface area contributed by atoms with Gasteiger partial charge in [0.25, 0.3) is 0 Å². The lowest BCUT2D eigenvalue weighted by Gasteiger charge is -2.07. The van der Waals surface area contributed by atoms with E-state index in [-0.39, 0.29) is 5.91 Å². The molecule has 4 heteroatoms. The third-order valence-electron chi connectivity index (χ3n) is 2.58. The van der Waals surface area contributed by atoms with E-state index in [9.17, 15) is 4.79 Å². The summed E-state index contributed by atoms with van der Waals surface area (Å²) < 4.78 is 5.16. The Labute approximate surface area is 109 Å². The fourth-order valence-electron chi connectivity index (χ4n) is 1.59. The minimum Gasteiger partial charge on any atom is -0.497 e. The summed E-state index contributed by atoms with van der Waals surface area (Å²) >= 11 is 0. The van der Waals surface area contributed by atoms with Crippen molar-refractivity contribution < 1.29 is 9.53 Å². The molecular weight excluding hydrogens is 228 g/mol. The molecule has 0 aliphatic heterocycles. The van der Waals surface area contributed by atoms with Crippen molar-refractivity contribution in [1.82, 2.24) is 10.6 Å². The lowest BCUT2D eigenvalue weighted by molar-refractivity contribution is -0.120. The van der Waals surface area contributed by atoms with Gasteiger partial charge in [-0.15, -0.1) is 0 Å². The predicted molar refractivity (Wildman–Crippen MR) is 72.9 cm³/mol. The molecule has 0 aliphatic carbocycles. The minimum absolute atomic E-state index is 0.0579. The molecule has 0 saturated carbocycles. The van der Waals surface area contributed by atoms with Crippen LogP contribution >= 0.6 is 0 Å². The standard InChI is InChI=1S/C14H22N2O2/c1-3-8-16-14(17)11-15-9-7-12-5-4-6-13(10-12)18-2/h4-6,10,15H,3,7-9,11H2,1-2H3,(H,16,17). The lowest BCUT2D eigenvalue weighted by atomic mass is 10.1.